The monoisotopic (exact) mass is 497 g/mol. The molecule has 1 amide bonds. The molecule has 0 aromatic carbocycles. The minimum absolute atomic E-state index is 0.245. The second kappa shape index (κ2) is 10.1. The first-order chi connectivity index (χ1) is 16.6. The van der Waals surface area contributed by atoms with Gasteiger partial charge in [-0.1, -0.05) is 30.0 Å². The summed E-state index contributed by atoms with van der Waals surface area (Å²) in [6.45, 7) is 4.84. The highest BCUT2D eigenvalue weighted by atomic mass is 32.2. The molecule has 3 aromatic heterocycles. The number of thiocarbonyl (C=S) groups is 1. The third-order valence-corrected chi connectivity index (χ3v) is 7.01. The van der Waals surface area contributed by atoms with Crippen molar-refractivity contribution in [1.82, 2.24) is 19.2 Å². The lowest BCUT2D eigenvalue weighted by Gasteiger charge is -2.26. The van der Waals surface area contributed by atoms with Gasteiger partial charge in [0, 0.05) is 32.4 Å². The molecule has 2 aliphatic heterocycles. The Bertz CT molecular complexity index is 1300. The van der Waals surface area contributed by atoms with Crippen molar-refractivity contribution in [2.45, 2.75) is 6.54 Å². The van der Waals surface area contributed by atoms with Crippen LogP contribution in [0.2, 0.25) is 0 Å². The van der Waals surface area contributed by atoms with Crippen LogP contribution in [0.5, 0.6) is 0 Å². The number of amides is 1. The normalized spacial score (nSPS) is 18.4. The molecule has 2 saturated heterocycles. The predicted octanol–water partition coefficient (Wildman–Crippen LogP) is 2.43. The molecule has 9 nitrogen and oxygen atoms in total. The van der Waals surface area contributed by atoms with Crippen molar-refractivity contribution in [3.63, 3.8) is 0 Å². The van der Waals surface area contributed by atoms with Gasteiger partial charge in [0.1, 0.15) is 21.5 Å². The van der Waals surface area contributed by atoms with E-state index in [0.29, 0.717) is 38.6 Å². The van der Waals surface area contributed by atoms with E-state index >= 15 is 0 Å². The summed E-state index contributed by atoms with van der Waals surface area (Å²) in [5.41, 5.74) is 0.601. The second-order valence-corrected chi connectivity index (χ2v) is 9.51. The van der Waals surface area contributed by atoms with Gasteiger partial charge in [-0.3, -0.25) is 23.8 Å². The predicted molar refractivity (Wildman–Crippen MR) is 135 cm³/mol. The van der Waals surface area contributed by atoms with Gasteiger partial charge in [0.2, 0.25) is 0 Å². The number of furan rings is 1. The van der Waals surface area contributed by atoms with Crippen molar-refractivity contribution in [2.75, 3.05) is 44.7 Å². The third-order valence-electron chi connectivity index (χ3n) is 5.64. The van der Waals surface area contributed by atoms with E-state index in [1.54, 1.807) is 42.8 Å². The molecule has 2 aliphatic rings. The Morgan fingerprint density at radius 2 is 2.03 bits per heavy atom. The summed E-state index contributed by atoms with van der Waals surface area (Å²) in [5.74, 6) is 0.819. The molecule has 0 atom stereocenters. The lowest BCUT2D eigenvalue weighted by atomic mass is 10.2. The number of nitrogens with zero attached hydrogens (tertiary/aromatic N) is 4. The molecule has 1 N–H and O–H groups in total. The molecular formula is C23H23N5O4S2. The van der Waals surface area contributed by atoms with E-state index in [1.165, 1.54) is 21.1 Å². The Morgan fingerprint density at radius 1 is 1.18 bits per heavy atom. The number of hydrogen-bond donors (Lipinski definition) is 1. The van der Waals surface area contributed by atoms with Crippen LogP contribution < -0.4 is 10.9 Å². The first kappa shape index (κ1) is 22.8. The number of fused-ring (bicyclic) bond motifs is 1. The van der Waals surface area contributed by atoms with E-state index in [2.05, 4.69) is 15.2 Å². The number of rotatable bonds is 7. The molecule has 3 aromatic rings. The molecule has 0 spiro atoms. The van der Waals surface area contributed by atoms with Gasteiger partial charge in [0.25, 0.3) is 11.5 Å². The molecular weight excluding hydrogens is 474 g/mol. The van der Waals surface area contributed by atoms with E-state index in [-0.39, 0.29) is 18.0 Å². The van der Waals surface area contributed by atoms with Crippen molar-refractivity contribution < 1.29 is 13.9 Å². The average Bonchev–Trinajstić information content (AvgIpc) is 3.46. The van der Waals surface area contributed by atoms with Gasteiger partial charge in [0.15, 0.2) is 0 Å². The maximum atomic E-state index is 13.4. The number of anilines is 1. The van der Waals surface area contributed by atoms with Crippen LogP contribution in [0.1, 0.15) is 11.3 Å². The third kappa shape index (κ3) is 4.78. The minimum atomic E-state index is -0.261. The van der Waals surface area contributed by atoms with Gasteiger partial charge in [-0.05, 0) is 30.3 Å². The highest BCUT2D eigenvalue weighted by Crippen LogP contribution is 2.34. The smallest absolute Gasteiger partial charge is 0.267 e. The summed E-state index contributed by atoms with van der Waals surface area (Å²) in [6, 6.07) is 8.94. The quantitative estimate of drug-likeness (QED) is 0.390. The SMILES string of the molecule is O=C1C(=Cc2c(NCCN3CCOCC3)nc3ccccn3c2=O)SC(=S)N1Cc1ccco1. The summed E-state index contributed by atoms with van der Waals surface area (Å²) < 4.78 is 12.7. The van der Waals surface area contributed by atoms with Crippen LogP contribution in [-0.2, 0) is 16.1 Å². The van der Waals surface area contributed by atoms with Crippen LogP contribution in [0.3, 0.4) is 0 Å². The van der Waals surface area contributed by atoms with Gasteiger partial charge in [0.05, 0.1) is 36.5 Å². The molecule has 5 heterocycles. The topological polar surface area (TPSA) is 92.3 Å². The molecule has 34 heavy (non-hydrogen) atoms. The van der Waals surface area contributed by atoms with Crippen LogP contribution in [0, 0.1) is 0 Å². The number of hydrogen-bond acceptors (Lipinski definition) is 9. The maximum Gasteiger partial charge on any atom is 0.267 e. The Balaban J connectivity index is 1.44. The van der Waals surface area contributed by atoms with Gasteiger partial charge >= 0.3 is 0 Å². The molecule has 2 fully saturated rings. The molecule has 0 aliphatic carbocycles. The number of ether oxygens (including phenoxy) is 1. The van der Waals surface area contributed by atoms with Crippen molar-refractivity contribution in [2.24, 2.45) is 0 Å². The van der Waals surface area contributed by atoms with E-state index in [0.717, 1.165) is 32.8 Å². The van der Waals surface area contributed by atoms with Gasteiger partial charge in [-0.2, -0.15) is 0 Å². The molecule has 11 heteroatoms. The van der Waals surface area contributed by atoms with Crippen molar-refractivity contribution in [3.8, 4) is 0 Å². The molecule has 176 valence electrons. The van der Waals surface area contributed by atoms with Crippen molar-refractivity contribution >= 4 is 51.7 Å². The van der Waals surface area contributed by atoms with Gasteiger partial charge in [-0.15, -0.1) is 0 Å². The van der Waals surface area contributed by atoms with Crippen LogP contribution in [0.15, 0.2) is 56.9 Å². The number of carbonyl (C=O) groups is 1. The highest BCUT2D eigenvalue weighted by Gasteiger charge is 2.33. The second-order valence-electron chi connectivity index (χ2n) is 7.84. The van der Waals surface area contributed by atoms with Crippen molar-refractivity contribution in [1.29, 1.82) is 0 Å². The molecule has 0 unspecified atom stereocenters. The molecule has 5 rings (SSSR count). The Labute approximate surface area is 205 Å². The fourth-order valence-corrected chi connectivity index (χ4v) is 5.09. The summed E-state index contributed by atoms with van der Waals surface area (Å²) in [5, 5.41) is 3.31. The van der Waals surface area contributed by atoms with Crippen LogP contribution in [0.25, 0.3) is 11.7 Å². The van der Waals surface area contributed by atoms with E-state index in [1.807, 2.05) is 6.07 Å². The zero-order chi connectivity index (χ0) is 23.5. The molecule has 0 radical (unpaired) electrons. The Morgan fingerprint density at radius 3 is 2.82 bits per heavy atom. The number of carbonyl (C=O) groups excluding carboxylic acids is 1. The first-order valence-corrected chi connectivity index (χ1v) is 12.2. The minimum Gasteiger partial charge on any atom is -0.467 e. The maximum absolute atomic E-state index is 13.4. The van der Waals surface area contributed by atoms with E-state index in [9.17, 15) is 9.59 Å². The summed E-state index contributed by atoms with van der Waals surface area (Å²) in [4.78, 5) is 35.3. The summed E-state index contributed by atoms with van der Waals surface area (Å²) in [6.07, 6.45) is 4.81. The highest BCUT2D eigenvalue weighted by molar-refractivity contribution is 8.26. The average molecular weight is 498 g/mol. The van der Waals surface area contributed by atoms with Crippen LogP contribution in [0.4, 0.5) is 5.82 Å². The Kier molecular flexibility index (Phi) is 6.77. The van der Waals surface area contributed by atoms with Gasteiger partial charge < -0.3 is 14.5 Å². The standard InChI is InChI=1S/C23H23N5O4S2/c29-21-17(14-18-22(30)28(23(33)34-18)15-16-4-3-11-32-16)20(25-19-5-1-2-7-27(19)21)24-6-8-26-9-12-31-13-10-26/h1-5,7,11,14,24H,6,8-10,12-13,15H2. The number of thioether (sulfide) groups is 1. The van der Waals surface area contributed by atoms with Crippen LogP contribution >= 0.6 is 24.0 Å². The zero-order valence-electron chi connectivity index (χ0n) is 18.3. The Hall–Kier alpha value is -2.99. The lowest BCUT2D eigenvalue weighted by Crippen LogP contribution is -2.39. The molecule has 0 bridgehead atoms. The lowest BCUT2D eigenvalue weighted by molar-refractivity contribution is -0.122. The van der Waals surface area contributed by atoms with Crippen molar-refractivity contribution in [3.05, 3.63) is 69.4 Å². The number of pyridine rings is 1. The van der Waals surface area contributed by atoms with Gasteiger partial charge in [-0.25, -0.2) is 4.98 Å². The number of morpholine rings is 1. The largest absolute Gasteiger partial charge is 0.467 e. The first-order valence-electron chi connectivity index (χ1n) is 10.9. The zero-order valence-corrected chi connectivity index (χ0v) is 19.9. The van der Waals surface area contributed by atoms with Crippen LogP contribution in [-0.4, -0.2) is 68.8 Å². The summed E-state index contributed by atoms with van der Waals surface area (Å²) in [7, 11) is 0. The number of nitrogens with one attached hydrogen (secondary N) is 1. The number of aromatic nitrogens is 2. The van der Waals surface area contributed by atoms with E-state index < -0.39 is 0 Å². The molecule has 0 saturated carbocycles. The fourth-order valence-electron chi connectivity index (χ4n) is 3.85. The fraction of sp³-hybridized carbons (Fsp3) is 0.304. The summed E-state index contributed by atoms with van der Waals surface area (Å²) >= 11 is 6.59. The van der Waals surface area contributed by atoms with E-state index in [4.69, 9.17) is 21.4 Å².